The van der Waals surface area contributed by atoms with Crippen LogP contribution in [0.3, 0.4) is 0 Å². The Bertz CT molecular complexity index is 3460. The van der Waals surface area contributed by atoms with Gasteiger partial charge in [-0.1, -0.05) is 121 Å². The second-order valence-electron chi connectivity index (χ2n) is 14.4. The molecule has 0 spiro atoms. The van der Waals surface area contributed by atoms with Gasteiger partial charge in [-0.15, -0.1) is 11.3 Å². The van der Waals surface area contributed by atoms with Crippen LogP contribution >= 0.6 is 11.3 Å². The van der Waals surface area contributed by atoms with Crippen molar-refractivity contribution in [2.24, 2.45) is 0 Å². The first-order chi connectivity index (χ1) is 28.2. The molecule has 0 aliphatic carbocycles. The van der Waals surface area contributed by atoms with Crippen molar-refractivity contribution < 1.29 is 4.42 Å². The van der Waals surface area contributed by atoms with Crippen molar-refractivity contribution in [3.63, 3.8) is 0 Å². The van der Waals surface area contributed by atoms with Crippen molar-refractivity contribution >= 4 is 75.3 Å². The first kappa shape index (κ1) is 31.9. The normalized spacial score (nSPS) is 11.9. The fraction of sp³-hybridized carbons (Fsp3) is 0. The lowest BCUT2D eigenvalue weighted by molar-refractivity contribution is 0.669. The van der Waals surface area contributed by atoms with Crippen LogP contribution in [-0.2, 0) is 0 Å². The molecular weight excluding hydrogens is 717 g/mol. The van der Waals surface area contributed by atoms with Crippen LogP contribution in [0.2, 0.25) is 0 Å². The zero-order valence-corrected chi connectivity index (χ0v) is 31.2. The van der Waals surface area contributed by atoms with Gasteiger partial charge in [0.15, 0.2) is 17.5 Å². The van der Waals surface area contributed by atoms with Gasteiger partial charge in [0.25, 0.3) is 0 Å². The molecule has 0 saturated carbocycles. The molecule has 12 rings (SSSR count). The molecule has 5 nitrogen and oxygen atoms in total. The predicted molar refractivity (Wildman–Crippen MR) is 236 cm³/mol. The summed E-state index contributed by atoms with van der Waals surface area (Å²) in [5, 5.41) is 7.16. The number of aromatic nitrogens is 4. The Labute approximate surface area is 330 Å². The lowest BCUT2D eigenvalue weighted by Gasteiger charge is -2.08. The number of furan rings is 1. The highest BCUT2D eigenvalue weighted by molar-refractivity contribution is 7.25. The van der Waals surface area contributed by atoms with Crippen LogP contribution in [0, 0.1) is 0 Å². The number of thiophene rings is 1. The maximum atomic E-state index is 6.70. The number of fused-ring (bicyclic) bond motifs is 9. The van der Waals surface area contributed by atoms with Crippen molar-refractivity contribution in [3.05, 3.63) is 182 Å². The Balaban J connectivity index is 1.03. The summed E-state index contributed by atoms with van der Waals surface area (Å²) in [5.74, 6) is 1.86. The molecule has 0 bridgehead atoms. The zero-order valence-electron chi connectivity index (χ0n) is 30.4. The highest BCUT2D eigenvalue weighted by atomic mass is 32.1. The Kier molecular flexibility index (Phi) is 7.03. The van der Waals surface area contributed by atoms with Crippen LogP contribution in [0.1, 0.15) is 0 Å². The summed E-state index contributed by atoms with van der Waals surface area (Å²) in [7, 11) is 0. The number of benzene rings is 8. The van der Waals surface area contributed by atoms with Gasteiger partial charge in [0.05, 0.1) is 11.0 Å². The van der Waals surface area contributed by atoms with Gasteiger partial charge in [-0.2, -0.15) is 0 Å². The summed E-state index contributed by atoms with van der Waals surface area (Å²) >= 11 is 1.86. The van der Waals surface area contributed by atoms with E-state index in [4.69, 9.17) is 19.4 Å². The van der Waals surface area contributed by atoms with Crippen LogP contribution < -0.4 is 0 Å². The molecule has 57 heavy (non-hydrogen) atoms. The predicted octanol–water partition coefficient (Wildman–Crippen LogP) is 13.9. The third kappa shape index (κ3) is 5.12. The number of nitrogens with zero attached hydrogens (tertiary/aromatic N) is 4. The molecule has 4 aromatic heterocycles. The molecule has 0 aliphatic rings. The van der Waals surface area contributed by atoms with E-state index in [-0.39, 0.29) is 0 Å². The van der Waals surface area contributed by atoms with E-state index in [1.807, 2.05) is 72.0 Å². The van der Waals surface area contributed by atoms with Crippen molar-refractivity contribution in [1.29, 1.82) is 0 Å². The van der Waals surface area contributed by atoms with E-state index < -0.39 is 0 Å². The fourth-order valence-electron chi connectivity index (χ4n) is 8.40. The van der Waals surface area contributed by atoms with Crippen molar-refractivity contribution in [2.75, 3.05) is 0 Å². The van der Waals surface area contributed by atoms with Gasteiger partial charge < -0.3 is 8.98 Å². The lowest BCUT2D eigenvalue weighted by Crippen LogP contribution is -2.00. The topological polar surface area (TPSA) is 56.7 Å². The minimum atomic E-state index is 0.597. The average molecular weight is 747 g/mol. The van der Waals surface area contributed by atoms with Gasteiger partial charge in [-0.3, -0.25) is 0 Å². The molecule has 0 saturated heterocycles. The van der Waals surface area contributed by atoms with Gasteiger partial charge >= 0.3 is 0 Å². The van der Waals surface area contributed by atoms with Crippen molar-refractivity contribution in [3.8, 4) is 51.0 Å². The standard InChI is InChI=1S/C51H30N4OS/c1-4-13-31(14-5-1)49-52-50(32-15-6-2-7-16-32)54-51(53-49)34-24-26-38-37-25-23-33(27-44(37)56-45(38)28-34)36-20-12-21-42-48(36)41-29-40-39-19-10-11-22-46(39)57-47(40)30-43(41)55(42)35-17-8-3-9-18-35/h1-30H. The number of hydrogen-bond donors (Lipinski definition) is 0. The number of para-hydroxylation sites is 1. The summed E-state index contributed by atoms with van der Waals surface area (Å²) < 4.78 is 11.7. The third-order valence-electron chi connectivity index (χ3n) is 11.0. The van der Waals surface area contributed by atoms with Crippen molar-refractivity contribution in [1.82, 2.24) is 19.5 Å². The minimum absolute atomic E-state index is 0.597. The summed E-state index contributed by atoms with van der Waals surface area (Å²) in [5.41, 5.74) is 10.1. The Morgan fingerprint density at radius 1 is 0.386 bits per heavy atom. The SMILES string of the molecule is c1ccc(-c2nc(-c3ccccc3)nc(-c3ccc4c(c3)oc3cc(-c5cccc6c5c5cc7c(cc5n6-c5ccccc5)sc5ccccc57)ccc34)n2)cc1. The number of rotatable bonds is 5. The molecule has 12 aromatic rings. The van der Waals surface area contributed by atoms with Gasteiger partial charge in [0.1, 0.15) is 11.2 Å². The highest BCUT2D eigenvalue weighted by Crippen LogP contribution is 2.44. The van der Waals surface area contributed by atoms with Gasteiger partial charge in [0, 0.05) is 64.1 Å². The molecule has 0 amide bonds. The first-order valence-corrected chi connectivity index (χ1v) is 19.8. The number of hydrogen-bond acceptors (Lipinski definition) is 5. The first-order valence-electron chi connectivity index (χ1n) is 19.0. The van der Waals surface area contributed by atoms with Crippen LogP contribution in [0.5, 0.6) is 0 Å². The van der Waals surface area contributed by atoms with Gasteiger partial charge in [-0.25, -0.2) is 15.0 Å². The lowest BCUT2D eigenvalue weighted by atomic mass is 9.97. The molecule has 0 atom stereocenters. The van der Waals surface area contributed by atoms with E-state index in [0.717, 1.165) is 49.9 Å². The summed E-state index contributed by atoms with van der Waals surface area (Å²) in [4.78, 5) is 14.8. The Morgan fingerprint density at radius 3 is 1.68 bits per heavy atom. The van der Waals surface area contributed by atoms with Crippen molar-refractivity contribution in [2.45, 2.75) is 0 Å². The quantitative estimate of drug-likeness (QED) is 0.176. The molecule has 0 aliphatic heterocycles. The average Bonchev–Trinajstić information content (AvgIpc) is 3.94. The second kappa shape index (κ2) is 12.6. The molecule has 0 unspecified atom stereocenters. The van der Waals surface area contributed by atoms with E-state index in [1.165, 1.54) is 47.5 Å². The Morgan fingerprint density at radius 2 is 0.982 bits per heavy atom. The maximum Gasteiger partial charge on any atom is 0.164 e. The summed E-state index contributed by atoms with van der Waals surface area (Å²) in [6.45, 7) is 0. The molecule has 0 radical (unpaired) electrons. The van der Waals surface area contributed by atoms with E-state index in [1.54, 1.807) is 0 Å². The second-order valence-corrected chi connectivity index (χ2v) is 15.5. The maximum absolute atomic E-state index is 6.70. The van der Waals surface area contributed by atoms with E-state index in [9.17, 15) is 0 Å². The molecule has 6 heteroatoms. The molecule has 8 aromatic carbocycles. The van der Waals surface area contributed by atoms with Gasteiger partial charge in [0.2, 0.25) is 0 Å². The van der Waals surface area contributed by atoms with E-state index >= 15 is 0 Å². The van der Waals surface area contributed by atoms with Crippen LogP contribution in [0.15, 0.2) is 186 Å². The van der Waals surface area contributed by atoms with Gasteiger partial charge in [-0.05, 0) is 71.8 Å². The summed E-state index contributed by atoms with van der Waals surface area (Å²) in [6.07, 6.45) is 0. The Hall–Kier alpha value is -7.41. The molecule has 0 fully saturated rings. The minimum Gasteiger partial charge on any atom is -0.456 e. The van der Waals surface area contributed by atoms with E-state index in [2.05, 4.69) is 126 Å². The zero-order chi connectivity index (χ0) is 37.5. The van der Waals surface area contributed by atoms with Crippen LogP contribution in [0.25, 0.3) is 115 Å². The molecular formula is C51H30N4OS. The van der Waals surface area contributed by atoms with E-state index in [0.29, 0.717) is 17.5 Å². The summed E-state index contributed by atoms with van der Waals surface area (Å²) in [6, 6.07) is 63.8. The largest absolute Gasteiger partial charge is 0.456 e. The molecule has 4 heterocycles. The third-order valence-corrected chi connectivity index (χ3v) is 12.2. The molecule has 0 N–H and O–H groups in total. The van der Waals surface area contributed by atoms with Crippen LogP contribution in [0.4, 0.5) is 0 Å². The van der Waals surface area contributed by atoms with Crippen LogP contribution in [-0.4, -0.2) is 19.5 Å². The highest BCUT2D eigenvalue weighted by Gasteiger charge is 2.20. The molecule has 266 valence electrons. The fourth-order valence-corrected chi connectivity index (χ4v) is 9.52. The monoisotopic (exact) mass is 746 g/mol. The smallest absolute Gasteiger partial charge is 0.164 e.